The van der Waals surface area contributed by atoms with Crippen LogP contribution in [0, 0.1) is 0 Å². The Kier molecular flexibility index (Phi) is 5.46. The van der Waals surface area contributed by atoms with Crippen molar-refractivity contribution in [2.75, 3.05) is 6.54 Å². The van der Waals surface area contributed by atoms with Crippen LogP contribution in [-0.2, 0) is 11.2 Å². The summed E-state index contributed by atoms with van der Waals surface area (Å²) in [5.74, 6) is -0.0114. The van der Waals surface area contributed by atoms with Gasteiger partial charge in [0.15, 0.2) is 5.76 Å². The smallest absolute Gasteiger partial charge is 0.287 e. The highest BCUT2D eigenvalue weighted by molar-refractivity contribution is 5.96. The van der Waals surface area contributed by atoms with Gasteiger partial charge in [-0.3, -0.25) is 9.59 Å². The second-order valence-corrected chi connectivity index (χ2v) is 5.86. The number of nitrogens with one attached hydrogen (secondary N) is 2. The zero-order valence-electron chi connectivity index (χ0n) is 13.8. The molecular formula is C20H20N2O3. The van der Waals surface area contributed by atoms with E-state index in [2.05, 4.69) is 10.6 Å². The predicted molar refractivity (Wildman–Crippen MR) is 96.3 cm³/mol. The van der Waals surface area contributed by atoms with Crippen molar-refractivity contribution in [3.63, 3.8) is 0 Å². The number of amides is 2. The maximum absolute atomic E-state index is 12.3. The zero-order valence-corrected chi connectivity index (χ0v) is 13.8. The molecule has 128 valence electrons. The molecule has 0 aliphatic rings. The summed E-state index contributed by atoms with van der Waals surface area (Å²) in [5.41, 5.74) is 1.88. The van der Waals surface area contributed by atoms with Gasteiger partial charge in [-0.2, -0.15) is 0 Å². The highest BCUT2D eigenvalue weighted by Gasteiger charge is 2.14. The number of furan rings is 1. The first kappa shape index (κ1) is 16.8. The molecule has 2 N–H and O–H groups in total. The van der Waals surface area contributed by atoms with Crippen molar-refractivity contribution >= 4 is 23.3 Å². The number of carbonyl (C=O) groups is 2. The molecule has 0 aliphatic carbocycles. The Morgan fingerprint density at radius 1 is 1.08 bits per heavy atom. The van der Waals surface area contributed by atoms with Crippen molar-refractivity contribution in [3.8, 4) is 0 Å². The van der Waals surface area contributed by atoms with E-state index in [1.807, 2.05) is 54.6 Å². The third kappa shape index (κ3) is 4.47. The molecule has 0 fully saturated rings. The highest BCUT2D eigenvalue weighted by Crippen LogP contribution is 2.18. The first-order chi connectivity index (χ1) is 12.3. The van der Waals surface area contributed by atoms with Gasteiger partial charge in [-0.25, -0.2) is 0 Å². The van der Waals surface area contributed by atoms with Crippen LogP contribution in [0.1, 0.15) is 22.5 Å². The van der Waals surface area contributed by atoms with E-state index in [1.54, 1.807) is 6.07 Å². The molecule has 2 amide bonds. The lowest BCUT2D eigenvalue weighted by Crippen LogP contribution is -2.40. The molecule has 0 saturated carbocycles. The van der Waals surface area contributed by atoms with Gasteiger partial charge in [0.25, 0.3) is 5.91 Å². The topological polar surface area (TPSA) is 71.3 Å². The second-order valence-electron chi connectivity index (χ2n) is 5.86. The summed E-state index contributed by atoms with van der Waals surface area (Å²) in [6.45, 7) is 0.349. The fourth-order valence-corrected chi connectivity index (χ4v) is 2.72. The molecule has 5 heteroatoms. The van der Waals surface area contributed by atoms with Gasteiger partial charge in [0.05, 0.1) is 0 Å². The SMILES string of the molecule is O=CN[C@@H](CCc1ccccc1)CNC(=O)c1cc2ccccc2o1. The second kappa shape index (κ2) is 8.15. The molecule has 25 heavy (non-hydrogen) atoms. The van der Waals surface area contributed by atoms with E-state index in [0.29, 0.717) is 18.5 Å². The van der Waals surface area contributed by atoms with Gasteiger partial charge in [-0.15, -0.1) is 0 Å². The highest BCUT2D eigenvalue weighted by atomic mass is 16.3. The quantitative estimate of drug-likeness (QED) is 0.621. The molecule has 1 aromatic heterocycles. The fourth-order valence-electron chi connectivity index (χ4n) is 2.72. The summed E-state index contributed by atoms with van der Waals surface area (Å²) in [4.78, 5) is 23.1. The van der Waals surface area contributed by atoms with Crippen molar-refractivity contribution in [1.82, 2.24) is 10.6 Å². The average Bonchev–Trinajstić information content (AvgIpc) is 3.09. The summed E-state index contributed by atoms with van der Waals surface area (Å²) in [6.07, 6.45) is 2.24. The lowest BCUT2D eigenvalue weighted by molar-refractivity contribution is -0.110. The molecule has 2 aromatic carbocycles. The van der Waals surface area contributed by atoms with Crippen LogP contribution in [0.5, 0.6) is 0 Å². The average molecular weight is 336 g/mol. The number of carbonyl (C=O) groups excluding carboxylic acids is 2. The van der Waals surface area contributed by atoms with Crippen LogP contribution in [-0.4, -0.2) is 24.9 Å². The van der Waals surface area contributed by atoms with Crippen LogP contribution >= 0.6 is 0 Å². The minimum Gasteiger partial charge on any atom is -0.451 e. The minimum absolute atomic E-state index is 0.133. The number of rotatable bonds is 8. The van der Waals surface area contributed by atoms with Gasteiger partial charge in [0.1, 0.15) is 5.58 Å². The number of para-hydroxylation sites is 1. The maximum atomic E-state index is 12.3. The first-order valence-electron chi connectivity index (χ1n) is 8.26. The number of benzene rings is 2. The van der Waals surface area contributed by atoms with Crippen molar-refractivity contribution < 1.29 is 14.0 Å². The van der Waals surface area contributed by atoms with Crippen LogP contribution in [0.15, 0.2) is 65.1 Å². The van der Waals surface area contributed by atoms with Gasteiger partial charge < -0.3 is 15.1 Å². The Morgan fingerprint density at radius 3 is 2.60 bits per heavy atom. The van der Waals surface area contributed by atoms with E-state index in [9.17, 15) is 9.59 Å². The molecule has 1 atom stereocenters. The zero-order chi connectivity index (χ0) is 17.5. The minimum atomic E-state index is -0.284. The van der Waals surface area contributed by atoms with Crippen molar-refractivity contribution in [2.24, 2.45) is 0 Å². The molecule has 5 nitrogen and oxygen atoms in total. The van der Waals surface area contributed by atoms with E-state index < -0.39 is 0 Å². The van der Waals surface area contributed by atoms with Gasteiger partial charge in [0, 0.05) is 18.0 Å². The number of fused-ring (bicyclic) bond motifs is 1. The Morgan fingerprint density at radius 2 is 1.84 bits per heavy atom. The predicted octanol–water partition coefficient (Wildman–Crippen LogP) is 2.91. The number of hydrogen-bond donors (Lipinski definition) is 2. The van der Waals surface area contributed by atoms with Crippen LogP contribution in [0.2, 0.25) is 0 Å². The van der Waals surface area contributed by atoms with Crippen molar-refractivity contribution in [1.29, 1.82) is 0 Å². The fraction of sp³-hybridized carbons (Fsp3) is 0.200. The third-order valence-electron chi connectivity index (χ3n) is 4.09. The summed E-state index contributed by atoms with van der Waals surface area (Å²) >= 11 is 0. The molecule has 3 aromatic rings. The van der Waals surface area contributed by atoms with Crippen molar-refractivity contribution in [2.45, 2.75) is 18.9 Å². The van der Waals surface area contributed by atoms with Crippen LogP contribution in [0.4, 0.5) is 0 Å². The van der Waals surface area contributed by atoms with Crippen LogP contribution < -0.4 is 10.6 Å². The van der Waals surface area contributed by atoms with E-state index in [4.69, 9.17) is 4.42 Å². The van der Waals surface area contributed by atoms with E-state index in [1.165, 1.54) is 5.56 Å². The molecule has 0 radical (unpaired) electrons. The van der Waals surface area contributed by atoms with E-state index in [0.717, 1.165) is 18.2 Å². The maximum Gasteiger partial charge on any atom is 0.287 e. The molecule has 0 saturated heterocycles. The van der Waals surface area contributed by atoms with Crippen molar-refractivity contribution in [3.05, 3.63) is 72.0 Å². The molecule has 1 heterocycles. The Hall–Kier alpha value is -3.08. The summed E-state index contributed by atoms with van der Waals surface area (Å²) in [6, 6.07) is 19.1. The Bertz CT molecular complexity index is 809. The summed E-state index contributed by atoms with van der Waals surface area (Å²) < 4.78 is 5.55. The Labute approximate surface area is 146 Å². The number of aryl methyl sites for hydroxylation is 1. The largest absolute Gasteiger partial charge is 0.451 e. The summed E-state index contributed by atoms with van der Waals surface area (Å²) in [5, 5.41) is 6.48. The molecular weight excluding hydrogens is 316 g/mol. The normalized spacial score (nSPS) is 11.8. The molecule has 0 aliphatic heterocycles. The van der Waals surface area contributed by atoms with Crippen LogP contribution in [0.3, 0.4) is 0 Å². The first-order valence-corrected chi connectivity index (χ1v) is 8.26. The molecule has 3 rings (SSSR count). The number of hydrogen-bond acceptors (Lipinski definition) is 3. The lowest BCUT2D eigenvalue weighted by Gasteiger charge is -2.16. The van der Waals surface area contributed by atoms with E-state index >= 15 is 0 Å². The molecule has 0 unspecified atom stereocenters. The Balaban J connectivity index is 1.56. The molecule has 0 spiro atoms. The summed E-state index contributed by atoms with van der Waals surface area (Å²) in [7, 11) is 0. The van der Waals surface area contributed by atoms with Crippen LogP contribution in [0.25, 0.3) is 11.0 Å². The van der Waals surface area contributed by atoms with Gasteiger partial charge in [-0.05, 0) is 30.5 Å². The van der Waals surface area contributed by atoms with Gasteiger partial charge >= 0.3 is 0 Å². The standard InChI is InChI=1S/C20H20N2O3/c23-14-22-17(11-10-15-6-2-1-3-7-15)13-21-20(24)19-12-16-8-4-5-9-18(16)25-19/h1-9,12,14,17H,10-11,13H2,(H,21,24)(H,22,23)/t17-/m0/s1. The van der Waals surface area contributed by atoms with Gasteiger partial charge in [0.2, 0.25) is 6.41 Å². The monoisotopic (exact) mass is 336 g/mol. The molecule has 0 bridgehead atoms. The third-order valence-corrected chi connectivity index (χ3v) is 4.09. The van der Waals surface area contributed by atoms with Gasteiger partial charge in [-0.1, -0.05) is 48.5 Å². The lowest BCUT2D eigenvalue weighted by atomic mass is 10.1. The van der Waals surface area contributed by atoms with E-state index in [-0.39, 0.29) is 17.7 Å².